The summed E-state index contributed by atoms with van der Waals surface area (Å²) in [6.45, 7) is 7.22. The van der Waals surface area contributed by atoms with Crippen LogP contribution in [0, 0.1) is 5.92 Å². The monoisotopic (exact) mass is 350 g/mol. The molecule has 2 rings (SSSR count). The Morgan fingerprint density at radius 1 is 1.00 bits per heavy atom. The summed E-state index contributed by atoms with van der Waals surface area (Å²) in [6, 6.07) is -0.504. The van der Waals surface area contributed by atoms with Gasteiger partial charge in [-0.1, -0.05) is 18.9 Å². The van der Waals surface area contributed by atoms with E-state index in [2.05, 4.69) is 17.2 Å². The minimum atomic E-state index is -0.504. The zero-order valence-corrected chi connectivity index (χ0v) is 15.0. The molecule has 0 unspecified atom stereocenters. The van der Waals surface area contributed by atoms with Crippen molar-refractivity contribution in [2.24, 2.45) is 5.92 Å². The zero-order chi connectivity index (χ0) is 18.1. The molecule has 0 radical (unpaired) electrons. The molecule has 2 saturated heterocycles. The van der Waals surface area contributed by atoms with Crippen molar-refractivity contribution in [1.29, 1.82) is 0 Å². The molecule has 2 aliphatic heterocycles. The number of likely N-dealkylation sites (tertiary alicyclic amines) is 2. The van der Waals surface area contributed by atoms with Gasteiger partial charge in [0.2, 0.25) is 11.8 Å². The highest BCUT2D eigenvalue weighted by molar-refractivity contribution is 5.95. The number of urea groups is 1. The molecule has 0 bridgehead atoms. The van der Waals surface area contributed by atoms with Crippen LogP contribution in [0.4, 0.5) is 4.79 Å². The van der Waals surface area contributed by atoms with Crippen molar-refractivity contribution in [2.75, 3.05) is 39.3 Å². The molecule has 0 aliphatic carbocycles. The van der Waals surface area contributed by atoms with E-state index in [1.165, 1.54) is 12.8 Å². The summed E-state index contributed by atoms with van der Waals surface area (Å²) in [6.07, 6.45) is 7.78. The van der Waals surface area contributed by atoms with Crippen LogP contribution in [0.1, 0.15) is 38.5 Å². The summed E-state index contributed by atoms with van der Waals surface area (Å²) in [5.74, 6) is 0.0435. The Kier molecular flexibility index (Phi) is 7.91. The van der Waals surface area contributed by atoms with Gasteiger partial charge < -0.3 is 10.2 Å². The van der Waals surface area contributed by atoms with Crippen LogP contribution in [0.15, 0.2) is 12.7 Å². The highest BCUT2D eigenvalue weighted by atomic mass is 16.2. The van der Waals surface area contributed by atoms with Crippen LogP contribution in [-0.2, 0) is 9.59 Å². The van der Waals surface area contributed by atoms with E-state index in [-0.39, 0.29) is 24.3 Å². The molecule has 2 fully saturated rings. The Morgan fingerprint density at radius 3 is 2.24 bits per heavy atom. The lowest BCUT2D eigenvalue weighted by molar-refractivity contribution is -0.137. The fraction of sp³-hybridized carbons (Fsp3) is 0.722. The number of carbonyl (C=O) groups excluding carboxylic acids is 3. The third kappa shape index (κ3) is 6.49. The number of rotatable bonds is 5. The predicted octanol–water partition coefficient (Wildman–Crippen LogP) is 1.11. The van der Waals surface area contributed by atoms with E-state index < -0.39 is 6.03 Å². The number of hydrogen-bond acceptors (Lipinski definition) is 4. The van der Waals surface area contributed by atoms with Crippen molar-refractivity contribution in [3.63, 3.8) is 0 Å². The van der Waals surface area contributed by atoms with Crippen molar-refractivity contribution in [3.8, 4) is 0 Å². The molecule has 2 heterocycles. The molecular formula is C18H30N4O3. The molecule has 0 saturated carbocycles. The van der Waals surface area contributed by atoms with Crippen LogP contribution in [0.3, 0.4) is 0 Å². The Bertz CT molecular complexity index is 479. The van der Waals surface area contributed by atoms with Gasteiger partial charge in [0.05, 0.1) is 6.54 Å². The minimum absolute atomic E-state index is 0.0771. The van der Waals surface area contributed by atoms with E-state index in [0.29, 0.717) is 19.6 Å². The number of nitrogens with zero attached hydrogens (tertiary/aromatic N) is 2. The lowest BCUT2D eigenvalue weighted by atomic mass is 9.95. The highest BCUT2D eigenvalue weighted by Crippen LogP contribution is 2.21. The van der Waals surface area contributed by atoms with Crippen molar-refractivity contribution in [2.45, 2.75) is 38.5 Å². The Morgan fingerprint density at radius 2 is 1.64 bits per heavy atom. The topological polar surface area (TPSA) is 81.8 Å². The quantitative estimate of drug-likeness (QED) is 0.728. The lowest BCUT2D eigenvalue weighted by Gasteiger charge is -2.33. The molecule has 0 spiro atoms. The van der Waals surface area contributed by atoms with Gasteiger partial charge in [-0.25, -0.2) is 4.79 Å². The molecule has 4 amide bonds. The van der Waals surface area contributed by atoms with Crippen LogP contribution in [0.25, 0.3) is 0 Å². The van der Waals surface area contributed by atoms with E-state index in [4.69, 9.17) is 0 Å². The van der Waals surface area contributed by atoms with Crippen molar-refractivity contribution < 1.29 is 14.4 Å². The molecule has 0 aromatic heterocycles. The summed E-state index contributed by atoms with van der Waals surface area (Å²) in [5.41, 5.74) is 0. The maximum absolute atomic E-state index is 12.6. The fourth-order valence-corrected chi connectivity index (χ4v) is 3.47. The molecule has 7 heteroatoms. The van der Waals surface area contributed by atoms with Gasteiger partial charge in [-0.15, -0.1) is 6.58 Å². The third-order valence-electron chi connectivity index (χ3n) is 4.88. The molecule has 0 aromatic carbocycles. The summed E-state index contributed by atoms with van der Waals surface area (Å²) in [5, 5.41) is 4.81. The van der Waals surface area contributed by atoms with Gasteiger partial charge in [-0.05, 0) is 38.8 Å². The first-order chi connectivity index (χ1) is 12.1. The number of piperidine rings is 1. The summed E-state index contributed by atoms with van der Waals surface area (Å²) < 4.78 is 0. The lowest BCUT2D eigenvalue weighted by Crippen LogP contribution is -2.48. The van der Waals surface area contributed by atoms with Gasteiger partial charge in [0.15, 0.2) is 0 Å². The SMILES string of the molecule is C=CCNC(=O)NC(=O)CN1CCC(C(=O)N2CCCCCC2)CC1. The van der Waals surface area contributed by atoms with Crippen LogP contribution >= 0.6 is 0 Å². The van der Waals surface area contributed by atoms with Gasteiger partial charge in [0, 0.05) is 25.6 Å². The van der Waals surface area contributed by atoms with Crippen molar-refractivity contribution in [3.05, 3.63) is 12.7 Å². The van der Waals surface area contributed by atoms with Gasteiger partial charge in [0.1, 0.15) is 0 Å². The molecule has 25 heavy (non-hydrogen) atoms. The van der Waals surface area contributed by atoms with E-state index in [0.717, 1.165) is 38.8 Å². The number of nitrogens with one attached hydrogen (secondary N) is 2. The minimum Gasteiger partial charge on any atom is -0.342 e. The summed E-state index contributed by atoms with van der Waals surface area (Å²) in [4.78, 5) is 40.0. The highest BCUT2D eigenvalue weighted by Gasteiger charge is 2.29. The Balaban J connectivity index is 1.70. The maximum atomic E-state index is 12.6. The molecule has 0 aromatic rings. The number of carbonyl (C=O) groups is 3. The van der Waals surface area contributed by atoms with Crippen LogP contribution < -0.4 is 10.6 Å². The smallest absolute Gasteiger partial charge is 0.321 e. The van der Waals surface area contributed by atoms with Crippen molar-refractivity contribution >= 4 is 17.8 Å². The van der Waals surface area contributed by atoms with Gasteiger partial charge in [-0.3, -0.25) is 19.8 Å². The first-order valence-corrected chi connectivity index (χ1v) is 9.30. The van der Waals surface area contributed by atoms with Crippen molar-refractivity contribution in [1.82, 2.24) is 20.4 Å². The molecular weight excluding hydrogens is 320 g/mol. The maximum Gasteiger partial charge on any atom is 0.321 e. The van der Waals surface area contributed by atoms with Crippen LogP contribution in [0.2, 0.25) is 0 Å². The average Bonchev–Trinajstić information content (AvgIpc) is 2.89. The standard InChI is InChI=1S/C18H30N4O3/c1-2-9-19-18(25)20-16(23)14-21-12-7-15(8-13-21)17(24)22-10-5-3-4-6-11-22/h2,15H,1,3-14H2,(H2,19,20,23,25). The second kappa shape index (κ2) is 10.2. The van der Waals surface area contributed by atoms with Crippen LogP contribution in [0.5, 0.6) is 0 Å². The molecule has 2 N–H and O–H groups in total. The van der Waals surface area contributed by atoms with Gasteiger partial charge in [-0.2, -0.15) is 0 Å². The number of hydrogen-bond donors (Lipinski definition) is 2. The van der Waals surface area contributed by atoms with Gasteiger partial charge in [0.25, 0.3) is 0 Å². The molecule has 0 atom stereocenters. The molecule has 7 nitrogen and oxygen atoms in total. The largest absolute Gasteiger partial charge is 0.342 e. The van der Waals surface area contributed by atoms with E-state index in [9.17, 15) is 14.4 Å². The molecule has 2 aliphatic rings. The predicted molar refractivity (Wildman–Crippen MR) is 96.0 cm³/mol. The fourth-order valence-electron chi connectivity index (χ4n) is 3.47. The summed E-state index contributed by atoms with van der Waals surface area (Å²) in [7, 11) is 0. The second-order valence-corrected chi connectivity index (χ2v) is 6.84. The Labute approximate surface area is 149 Å². The third-order valence-corrected chi connectivity index (χ3v) is 4.88. The van der Waals surface area contributed by atoms with Gasteiger partial charge >= 0.3 is 6.03 Å². The molecule has 140 valence electrons. The van der Waals surface area contributed by atoms with E-state index in [1.54, 1.807) is 6.08 Å². The van der Waals surface area contributed by atoms with E-state index in [1.807, 2.05) is 9.80 Å². The summed E-state index contributed by atoms with van der Waals surface area (Å²) >= 11 is 0. The number of amides is 4. The van der Waals surface area contributed by atoms with Crippen LogP contribution in [-0.4, -0.2) is 66.9 Å². The second-order valence-electron chi connectivity index (χ2n) is 6.84. The van der Waals surface area contributed by atoms with E-state index >= 15 is 0 Å². The normalized spacial score (nSPS) is 19.8. The first kappa shape index (κ1) is 19.4. The first-order valence-electron chi connectivity index (χ1n) is 9.30. The average molecular weight is 350 g/mol. The zero-order valence-electron chi connectivity index (χ0n) is 15.0. The Hall–Kier alpha value is -1.89. The number of imide groups is 1.